The van der Waals surface area contributed by atoms with Crippen molar-refractivity contribution in [3.63, 3.8) is 0 Å². The summed E-state index contributed by atoms with van der Waals surface area (Å²) in [5.74, 6) is 1.07. The van der Waals surface area contributed by atoms with Crippen LogP contribution in [0.2, 0.25) is 0 Å². The fourth-order valence-electron chi connectivity index (χ4n) is 6.59. The fraction of sp³-hybridized carbons (Fsp3) is 0.0488. The molecular weight excluding hydrogens is 520 g/mol. The molecule has 0 bridgehead atoms. The molecule has 8 rings (SSSR count). The number of para-hydroxylation sites is 2. The molecule has 0 saturated carbocycles. The van der Waals surface area contributed by atoms with E-state index in [0.717, 1.165) is 29.0 Å². The highest BCUT2D eigenvalue weighted by Gasteiger charge is 2.18. The average Bonchev–Trinajstić information content (AvgIpc) is 3.46. The summed E-state index contributed by atoms with van der Waals surface area (Å²) in [6.07, 6.45) is 0.870. The summed E-state index contributed by atoms with van der Waals surface area (Å²) in [4.78, 5) is 4.91. The lowest BCUT2D eigenvalue weighted by Gasteiger charge is -2.19. The van der Waals surface area contributed by atoms with E-state index < -0.39 is 0 Å². The Morgan fingerprint density at radius 1 is 0.465 bits per heavy atom. The molecule has 204 valence electrons. The number of aromatic nitrogens is 2. The van der Waals surface area contributed by atoms with Crippen molar-refractivity contribution in [2.75, 3.05) is 0 Å². The maximum absolute atomic E-state index is 4.91. The van der Waals surface area contributed by atoms with E-state index in [1.807, 2.05) is 0 Å². The average molecular weight is 551 g/mol. The van der Waals surface area contributed by atoms with Crippen molar-refractivity contribution in [3.8, 4) is 39.1 Å². The standard InChI is InChI=1S/C41H30N2/c1-2-39-42-37-19-11-12-20-38(37)43(39)32-24-21-30(22-25-32)41-34-18-10-9-17-33(34)40(29-15-7-4-8-16-29)35-26-23-31(27-36(35)41)28-13-5-3-6-14-28/h3-27H,2H2,1H3. The van der Waals surface area contributed by atoms with Crippen LogP contribution >= 0.6 is 0 Å². The molecule has 2 nitrogen and oxygen atoms in total. The number of fused-ring (bicyclic) bond motifs is 3. The van der Waals surface area contributed by atoms with Gasteiger partial charge in [-0.15, -0.1) is 0 Å². The Kier molecular flexibility index (Phi) is 6.12. The monoisotopic (exact) mass is 550 g/mol. The number of hydrogen-bond donors (Lipinski definition) is 0. The van der Waals surface area contributed by atoms with Gasteiger partial charge in [-0.1, -0.05) is 128 Å². The van der Waals surface area contributed by atoms with Crippen molar-refractivity contribution in [2.24, 2.45) is 0 Å². The lowest BCUT2D eigenvalue weighted by atomic mass is 9.85. The first-order chi connectivity index (χ1) is 21.3. The molecule has 0 unspecified atom stereocenters. The summed E-state index contributed by atoms with van der Waals surface area (Å²) < 4.78 is 2.29. The molecule has 0 atom stereocenters. The Hall–Kier alpha value is -5.47. The second-order valence-corrected chi connectivity index (χ2v) is 11.0. The van der Waals surface area contributed by atoms with Crippen LogP contribution < -0.4 is 0 Å². The van der Waals surface area contributed by atoms with Crippen molar-refractivity contribution < 1.29 is 0 Å². The molecule has 2 heteroatoms. The van der Waals surface area contributed by atoms with Gasteiger partial charge in [-0.25, -0.2) is 4.98 Å². The SMILES string of the molecule is CCc1nc2ccccc2n1-c1ccc(-c2c3ccccc3c(-c3ccccc3)c3ccc(-c4ccccc4)cc23)cc1. The fourth-order valence-corrected chi connectivity index (χ4v) is 6.59. The Labute approximate surface area is 251 Å². The van der Waals surface area contributed by atoms with Gasteiger partial charge in [-0.05, 0) is 85.3 Å². The van der Waals surface area contributed by atoms with E-state index in [2.05, 4.69) is 163 Å². The van der Waals surface area contributed by atoms with Crippen LogP contribution in [-0.4, -0.2) is 9.55 Å². The quantitative estimate of drug-likeness (QED) is 0.195. The smallest absolute Gasteiger partial charge is 0.114 e. The molecule has 8 aromatic rings. The van der Waals surface area contributed by atoms with Crippen LogP contribution in [0.5, 0.6) is 0 Å². The van der Waals surface area contributed by atoms with Crippen molar-refractivity contribution in [2.45, 2.75) is 13.3 Å². The Bertz CT molecular complexity index is 2240. The van der Waals surface area contributed by atoms with E-state index in [4.69, 9.17) is 4.98 Å². The Morgan fingerprint density at radius 3 is 1.70 bits per heavy atom. The third-order valence-corrected chi connectivity index (χ3v) is 8.55. The molecule has 0 spiro atoms. The molecule has 0 aliphatic carbocycles. The van der Waals surface area contributed by atoms with Crippen LogP contribution in [0.4, 0.5) is 0 Å². The minimum absolute atomic E-state index is 0.870. The van der Waals surface area contributed by atoms with Gasteiger partial charge in [0.2, 0.25) is 0 Å². The van der Waals surface area contributed by atoms with Gasteiger partial charge in [0.25, 0.3) is 0 Å². The van der Waals surface area contributed by atoms with Gasteiger partial charge in [0, 0.05) is 12.1 Å². The van der Waals surface area contributed by atoms with Crippen LogP contribution in [0.25, 0.3) is 71.6 Å². The molecule has 0 aliphatic heterocycles. The lowest BCUT2D eigenvalue weighted by molar-refractivity contribution is 0.908. The first kappa shape index (κ1) is 25.3. The van der Waals surface area contributed by atoms with Gasteiger partial charge in [0.05, 0.1) is 11.0 Å². The van der Waals surface area contributed by atoms with Crippen LogP contribution in [0.15, 0.2) is 152 Å². The molecule has 1 aromatic heterocycles. The first-order valence-electron chi connectivity index (χ1n) is 15.0. The highest BCUT2D eigenvalue weighted by Crippen LogP contribution is 2.45. The number of rotatable bonds is 5. The summed E-state index contributed by atoms with van der Waals surface area (Å²) in [5.41, 5.74) is 10.7. The Morgan fingerprint density at radius 2 is 1.00 bits per heavy atom. The predicted octanol–water partition coefficient (Wildman–Crippen LogP) is 10.9. The van der Waals surface area contributed by atoms with E-state index >= 15 is 0 Å². The molecule has 0 radical (unpaired) electrons. The number of imidazole rings is 1. The molecule has 7 aromatic carbocycles. The maximum Gasteiger partial charge on any atom is 0.114 e. The summed E-state index contributed by atoms with van der Waals surface area (Å²) >= 11 is 0. The molecule has 0 fully saturated rings. The topological polar surface area (TPSA) is 17.8 Å². The van der Waals surface area contributed by atoms with E-state index in [9.17, 15) is 0 Å². The number of benzene rings is 7. The molecule has 0 N–H and O–H groups in total. The van der Waals surface area contributed by atoms with Gasteiger partial charge >= 0.3 is 0 Å². The predicted molar refractivity (Wildman–Crippen MR) is 182 cm³/mol. The van der Waals surface area contributed by atoms with E-state index in [0.29, 0.717) is 0 Å². The molecule has 0 aliphatic rings. The highest BCUT2D eigenvalue weighted by molar-refractivity contribution is 6.22. The number of hydrogen-bond acceptors (Lipinski definition) is 1. The summed E-state index contributed by atoms with van der Waals surface area (Å²) in [7, 11) is 0. The van der Waals surface area contributed by atoms with Crippen LogP contribution in [0, 0.1) is 0 Å². The minimum atomic E-state index is 0.870. The van der Waals surface area contributed by atoms with Crippen LogP contribution in [-0.2, 0) is 6.42 Å². The van der Waals surface area contributed by atoms with E-state index in [1.54, 1.807) is 0 Å². The highest BCUT2D eigenvalue weighted by atomic mass is 15.1. The number of nitrogens with zero attached hydrogens (tertiary/aromatic N) is 2. The maximum atomic E-state index is 4.91. The van der Waals surface area contributed by atoms with E-state index in [1.165, 1.54) is 54.9 Å². The van der Waals surface area contributed by atoms with Crippen molar-refractivity contribution >= 4 is 32.6 Å². The largest absolute Gasteiger partial charge is 0.296 e. The summed E-state index contributed by atoms with van der Waals surface area (Å²) in [5, 5.41) is 5.04. The second kappa shape index (κ2) is 10.4. The van der Waals surface area contributed by atoms with Gasteiger partial charge in [-0.2, -0.15) is 0 Å². The molecular formula is C41H30N2. The molecule has 0 saturated heterocycles. The first-order valence-corrected chi connectivity index (χ1v) is 15.0. The van der Waals surface area contributed by atoms with E-state index in [-0.39, 0.29) is 0 Å². The van der Waals surface area contributed by atoms with Gasteiger partial charge in [0.1, 0.15) is 5.82 Å². The Balaban J connectivity index is 1.40. The normalized spacial score (nSPS) is 11.5. The summed E-state index contributed by atoms with van der Waals surface area (Å²) in [6, 6.07) is 54.7. The van der Waals surface area contributed by atoms with Crippen molar-refractivity contribution in [3.05, 3.63) is 157 Å². The van der Waals surface area contributed by atoms with Gasteiger partial charge in [0.15, 0.2) is 0 Å². The van der Waals surface area contributed by atoms with Gasteiger partial charge < -0.3 is 0 Å². The zero-order valence-electron chi connectivity index (χ0n) is 24.0. The van der Waals surface area contributed by atoms with Gasteiger partial charge in [-0.3, -0.25) is 4.57 Å². The zero-order chi connectivity index (χ0) is 28.8. The summed E-state index contributed by atoms with van der Waals surface area (Å²) in [6.45, 7) is 2.17. The lowest BCUT2D eigenvalue weighted by Crippen LogP contribution is -2.00. The third-order valence-electron chi connectivity index (χ3n) is 8.55. The zero-order valence-corrected chi connectivity index (χ0v) is 24.0. The van der Waals surface area contributed by atoms with Crippen LogP contribution in [0.3, 0.4) is 0 Å². The van der Waals surface area contributed by atoms with Crippen molar-refractivity contribution in [1.82, 2.24) is 9.55 Å². The molecule has 43 heavy (non-hydrogen) atoms. The van der Waals surface area contributed by atoms with Crippen LogP contribution in [0.1, 0.15) is 12.7 Å². The minimum Gasteiger partial charge on any atom is -0.296 e. The molecule has 1 heterocycles. The third kappa shape index (κ3) is 4.23. The second-order valence-electron chi connectivity index (χ2n) is 11.0. The van der Waals surface area contributed by atoms with Crippen molar-refractivity contribution in [1.29, 1.82) is 0 Å². The molecule has 0 amide bonds. The number of aryl methyl sites for hydroxylation is 1.